The second-order valence-corrected chi connectivity index (χ2v) is 10.1. The fourth-order valence-corrected chi connectivity index (χ4v) is 5.39. The lowest BCUT2D eigenvalue weighted by atomic mass is 10.1. The Morgan fingerprint density at radius 3 is 2.69 bits per heavy atom. The monoisotopic (exact) mass is 545 g/mol. The third kappa shape index (κ3) is 5.62. The highest BCUT2D eigenvalue weighted by molar-refractivity contribution is 8.18. The third-order valence-electron chi connectivity index (χ3n) is 5.84. The smallest absolute Gasteiger partial charge is 0.293 e. The molecule has 0 saturated carbocycles. The molecule has 3 amide bonds. The fraction of sp³-hybridized carbons (Fsp3) is 0.269. The van der Waals surface area contributed by atoms with E-state index >= 15 is 0 Å². The Labute approximate surface area is 223 Å². The number of fused-ring (bicyclic) bond motifs is 1. The molecule has 1 fully saturated rings. The molecule has 7 nitrogen and oxygen atoms in total. The number of methoxy groups -OCH3 is 1. The van der Waals surface area contributed by atoms with Gasteiger partial charge in [0.05, 0.1) is 23.6 Å². The summed E-state index contributed by atoms with van der Waals surface area (Å²) in [4.78, 5) is 39.9. The van der Waals surface area contributed by atoms with Crippen molar-refractivity contribution in [1.29, 1.82) is 0 Å². The van der Waals surface area contributed by atoms with Crippen LogP contribution in [-0.4, -0.2) is 46.8 Å². The van der Waals surface area contributed by atoms with Gasteiger partial charge in [0.15, 0.2) is 0 Å². The van der Waals surface area contributed by atoms with Crippen LogP contribution < -0.4 is 5.32 Å². The lowest BCUT2D eigenvalue weighted by Crippen LogP contribution is -2.30. The van der Waals surface area contributed by atoms with E-state index in [2.05, 4.69) is 12.2 Å². The molecule has 1 aromatic heterocycles. The summed E-state index contributed by atoms with van der Waals surface area (Å²) in [5.41, 5.74) is 3.41. The molecule has 0 spiro atoms. The SMILES string of the molecule is CCc1cccc2c(/C=C3\SC(=O)N(Cc4ccc(Cl)cc4Cl)C3=O)cn(CC(=O)NCCOC)c12. The summed E-state index contributed by atoms with van der Waals surface area (Å²) in [5, 5.41) is 4.25. The highest BCUT2D eigenvalue weighted by Gasteiger charge is 2.35. The van der Waals surface area contributed by atoms with E-state index in [-0.39, 0.29) is 30.1 Å². The van der Waals surface area contributed by atoms with Crippen molar-refractivity contribution in [2.24, 2.45) is 0 Å². The van der Waals surface area contributed by atoms with Gasteiger partial charge in [0.2, 0.25) is 5.91 Å². The number of nitrogens with zero attached hydrogens (tertiary/aromatic N) is 2. The average Bonchev–Trinajstić information content (AvgIpc) is 3.32. The molecule has 0 unspecified atom stereocenters. The van der Waals surface area contributed by atoms with E-state index in [9.17, 15) is 14.4 Å². The standard InChI is InChI=1S/C26H25Cl2N3O4S/c1-3-16-5-4-6-20-18(13-30(24(16)20)15-23(32)29-9-10-35-2)11-22-25(33)31(26(34)36-22)14-17-7-8-19(27)12-21(17)28/h4-8,11-13H,3,9-10,14-15H2,1-2H3,(H,29,32)/b22-11-. The van der Waals surface area contributed by atoms with Crippen molar-refractivity contribution < 1.29 is 19.1 Å². The summed E-state index contributed by atoms with van der Waals surface area (Å²) in [7, 11) is 1.58. The highest BCUT2D eigenvalue weighted by atomic mass is 35.5. The molecule has 36 heavy (non-hydrogen) atoms. The first-order valence-corrected chi connectivity index (χ1v) is 12.9. The lowest BCUT2D eigenvalue weighted by molar-refractivity contribution is -0.123. The Bertz CT molecular complexity index is 1370. The number of amides is 3. The van der Waals surface area contributed by atoms with Gasteiger partial charge >= 0.3 is 0 Å². The van der Waals surface area contributed by atoms with Gasteiger partial charge in [-0.15, -0.1) is 0 Å². The van der Waals surface area contributed by atoms with E-state index < -0.39 is 0 Å². The summed E-state index contributed by atoms with van der Waals surface area (Å²) in [5.74, 6) is -0.526. The van der Waals surface area contributed by atoms with Crippen LogP contribution in [0.15, 0.2) is 47.5 Å². The van der Waals surface area contributed by atoms with Crippen molar-refractivity contribution in [3.8, 4) is 0 Å². The van der Waals surface area contributed by atoms with Crippen LogP contribution in [0.2, 0.25) is 10.0 Å². The number of carbonyl (C=O) groups is 3. The molecule has 2 heterocycles. The molecule has 0 aliphatic carbocycles. The van der Waals surface area contributed by atoms with E-state index in [0.29, 0.717) is 33.7 Å². The number of halogens is 2. The van der Waals surface area contributed by atoms with Gasteiger partial charge in [0.1, 0.15) is 6.54 Å². The number of para-hydroxylation sites is 1. The first-order chi connectivity index (χ1) is 17.3. The molecule has 2 aromatic carbocycles. The maximum absolute atomic E-state index is 13.2. The van der Waals surface area contributed by atoms with Crippen LogP contribution in [0.5, 0.6) is 0 Å². The molecule has 1 N–H and O–H groups in total. The second-order valence-electron chi connectivity index (χ2n) is 8.23. The Morgan fingerprint density at radius 1 is 1.17 bits per heavy atom. The quantitative estimate of drug-likeness (QED) is 0.283. The molecule has 3 aromatic rings. The number of imide groups is 1. The maximum Gasteiger partial charge on any atom is 0.293 e. The average molecular weight is 546 g/mol. The van der Waals surface area contributed by atoms with E-state index in [4.69, 9.17) is 27.9 Å². The Kier molecular flexibility index (Phi) is 8.41. The minimum absolute atomic E-state index is 0.0569. The Balaban J connectivity index is 1.64. The summed E-state index contributed by atoms with van der Waals surface area (Å²) < 4.78 is 6.88. The summed E-state index contributed by atoms with van der Waals surface area (Å²) >= 11 is 13.1. The van der Waals surface area contributed by atoms with Crippen molar-refractivity contribution in [2.45, 2.75) is 26.4 Å². The molecule has 1 aliphatic heterocycles. The molecule has 188 valence electrons. The van der Waals surface area contributed by atoms with Gasteiger partial charge in [-0.25, -0.2) is 0 Å². The van der Waals surface area contributed by atoms with Crippen LogP contribution >= 0.6 is 35.0 Å². The summed E-state index contributed by atoms with van der Waals surface area (Å²) in [6, 6.07) is 10.9. The minimum Gasteiger partial charge on any atom is -0.383 e. The summed E-state index contributed by atoms with van der Waals surface area (Å²) in [6.45, 7) is 3.09. The number of thioether (sulfide) groups is 1. The van der Waals surface area contributed by atoms with Gasteiger partial charge in [-0.3, -0.25) is 19.3 Å². The highest BCUT2D eigenvalue weighted by Crippen LogP contribution is 2.36. The van der Waals surface area contributed by atoms with Crippen LogP contribution in [0.3, 0.4) is 0 Å². The summed E-state index contributed by atoms with van der Waals surface area (Å²) in [6.07, 6.45) is 4.35. The number of benzene rings is 2. The van der Waals surface area contributed by atoms with E-state index in [0.717, 1.165) is 40.2 Å². The van der Waals surface area contributed by atoms with Crippen molar-refractivity contribution in [1.82, 2.24) is 14.8 Å². The van der Waals surface area contributed by atoms with Crippen LogP contribution in [0.4, 0.5) is 4.79 Å². The molecule has 4 rings (SSSR count). The molecule has 1 saturated heterocycles. The number of aryl methyl sites for hydroxylation is 1. The maximum atomic E-state index is 13.2. The number of ether oxygens (including phenoxy) is 1. The first-order valence-electron chi connectivity index (χ1n) is 11.4. The predicted octanol–water partition coefficient (Wildman–Crippen LogP) is 5.51. The largest absolute Gasteiger partial charge is 0.383 e. The van der Waals surface area contributed by atoms with E-state index in [1.807, 2.05) is 29.0 Å². The third-order valence-corrected chi connectivity index (χ3v) is 7.33. The zero-order valence-corrected chi connectivity index (χ0v) is 22.2. The van der Waals surface area contributed by atoms with Crippen LogP contribution in [0, 0.1) is 0 Å². The molecule has 0 bridgehead atoms. The lowest BCUT2D eigenvalue weighted by Gasteiger charge is -2.13. The zero-order valence-electron chi connectivity index (χ0n) is 19.8. The Hall–Kier alpha value is -2.78. The molecular weight excluding hydrogens is 521 g/mol. The minimum atomic E-state index is -0.388. The fourth-order valence-electron chi connectivity index (χ4n) is 4.09. The molecule has 0 radical (unpaired) electrons. The van der Waals surface area contributed by atoms with Gasteiger partial charge in [0.25, 0.3) is 11.1 Å². The number of aromatic nitrogens is 1. The van der Waals surface area contributed by atoms with Crippen molar-refractivity contribution >= 4 is 69.0 Å². The van der Waals surface area contributed by atoms with Gasteiger partial charge in [-0.1, -0.05) is 54.4 Å². The topological polar surface area (TPSA) is 80.6 Å². The molecular formula is C26H25Cl2N3O4S. The van der Waals surface area contributed by atoms with Crippen molar-refractivity contribution in [3.63, 3.8) is 0 Å². The van der Waals surface area contributed by atoms with Crippen molar-refractivity contribution in [3.05, 3.63) is 74.2 Å². The zero-order chi connectivity index (χ0) is 25.8. The predicted molar refractivity (Wildman–Crippen MR) is 144 cm³/mol. The number of hydrogen-bond acceptors (Lipinski definition) is 5. The van der Waals surface area contributed by atoms with Gasteiger partial charge in [0, 0.05) is 40.8 Å². The number of hydrogen-bond donors (Lipinski definition) is 1. The van der Waals surface area contributed by atoms with Gasteiger partial charge in [-0.2, -0.15) is 0 Å². The molecule has 0 atom stereocenters. The van der Waals surface area contributed by atoms with Crippen molar-refractivity contribution in [2.75, 3.05) is 20.3 Å². The number of nitrogens with one attached hydrogen (secondary N) is 1. The van der Waals surface area contributed by atoms with Crippen LogP contribution in [0.25, 0.3) is 17.0 Å². The number of rotatable bonds is 9. The first kappa shape index (κ1) is 26.3. The van der Waals surface area contributed by atoms with E-state index in [1.165, 1.54) is 4.90 Å². The molecule has 1 aliphatic rings. The second kappa shape index (κ2) is 11.5. The Morgan fingerprint density at radius 2 is 1.97 bits per heavy atom. The normalized spacial score (nSPS) is 14.9. The van der Waals surface area contributed by atoms with E-state index in [1.54, 1.807) is 31.4 Å². The van der Waals surface area contributed by atoms with Crippen LogP contribution in [0.1, 0.15) is 23.6 Å². The van der Waals surface area contributed by atoms with Gasteiger partial charge in [-0.05, 0) is 47.5 Å². The number of carbonyl (C=O) groups excluding carboxylic acids is 3. The van der Waals surface area contributed by atoms with Crippen LogP contribution in [-0.2, 0) is 33.8 Å². The van der Waals surface area contributed by atoms with Gasteiger partial charge < -0.3 is 14.6 Å². The molecule has 10 heteroatoms.